The first-order valence-electron chi connectivity index (χ1n) is 9.74. The number of benzene rings is 2. The lowest BCUT2D eigenvalue weighted by atomic mass is 10.1. The Morgan fingerprint density at radius 1 is 1.10 bits per heavy atom. The van der Waals surface area contributed by atoms with Crippen LogP contribution in [0.25, 0.3) is 0 Å². The van der Waals surface area contributed by atoms with Crippen molar-refractivity contribution in [3.63, 3.8) is 0 Å². The SMILES string of the molecule is CCCOc1cc(C)ccc1CNC(=NC)NCCNC(=O)c1ccccc1Cl. The van der Waals surface area contributed by atoms with Crippen molar-refractivity contribution in [2.24, 2.45) is 4.99 Å². The van der Waals surface area contributed by atoms with Crippen molar-refractivity contribution >= 4 is 23.5 Å². The van der Waals surface area contributed by atoms with Crippen LogP contribution in [0.2, 0.25) is 5.02 Å². The number of aryl methyl sites for hydroxylation is 1. The molecule has 1 amide bonds. The fourth-order valence-electron chi connectivity index (χ4n) is 2.65. The van der Waals surface area contributed by atoms with Crippen LogP contribution in [-0.4, -0.2) is 38.6 Å². The third kappa shape index (κ3) is 7.31. The summed E-state index contributed by atoms with van der Waals surface area (Å²) in [6, 6.07) is 13.2. The molecule has 0 aliphatic rings. The highest BCUT2D eigenvalue weighted by Gasteiger charge is 2.09. The van der Waals surface area contributed by atoms with Gasteiger partial charge in [0.1, 0.15) is 5.75 Å². The largest absolute Gasteiger partial charge is 0.493 e. The van der Waals surface area contributed by atoms with E-state index in [-0.39, 0.29) is 5.91 Å². The highest BCUT2D eigenvalue weighted by molar-refractivity contribution is 6.33. The predicted octanol–water partition coefficient (Wildman–Crippen LogP) is 3.53. The Balaban J connectivity index is 1.80. The van der Waals surface area contributed by atoms with Crippen molar-refractivity contribution < 1.29 is 9.53 Å². The third-order valence-corrected chi connectivity index (χ3v) is 4.51. The number of nitrogens with one attached hydrogen (secondary N) is 3. The van der Waals surface area contributed by atoms with E-state index in [1.165, 1.54) is 0 Å². The monoisotopic (exact) mass is 416 g/mol. The van der Waals surface area contributed by atoms with Crippen LogP contribution in [-0.2, 0) is 6.54 Å². The standard InChI is InChI=1S/C22H29ClN4O2/c1-4-13-29-20-14-16(2)9-10-17(20)15-27-22(24-3)26-12-11-25-21(28)18-7-5-6-8-19(18)23/h5-10,14H,4,11-13,15H2,1-3H3,(H,25,28)(H2,24,26,27). The lowest BCUT2D eigenvalue weighted by Gasteiger charge is -2.15. The Labute approximate surface area is 177 Å². The molecule has 3 N–H and O–H groups in total. The van der Waals surface area contributed by atoms with Gasteiger partial charge in [0.25, 0.3) is 5.91 Å². The number of hydrogen-bond acceptors (Lipinski definition) is 3. The summed E-state index contributed by atoms with van der Waals surface area (Å²) in [5.74, 6) is 1.35. The molecule has 29 heavy (non-hydrogen) atoms. The fourth-order valence-corrected chi connectivity index (χ4v) is 2.87. The van der Waals surface area contributed by atoms with Gasteiger partial charge in [-0.3, -0.25) is 9.79 Å². The molecule has 2 aromatic carbocycles. The van der Waals surface area contributed by atoms with Gasteiger partial charge in [-0.2, -0.15) is 0 Å². The molecule has 0 aromatic heterocycles. The highest BCUT2D eigenvalue weighted by atomic mass is 35.5. The Kier molecular flexibility index (Phi) is 9.31. The van der Waals surface area contributed by atoms with Crippen molar-refractivity contribution in [3.8, 4) is 5.75 Å². The smallest absolute Gasteiger partial charge is 0.252 e. The number of hydrogen-bond donors (Lipinski definition) is 3. The molecular weight excluding hydrogens is 388 g/mol. The van der Waals surface area contributed by atoms with Crippen molar-refractivity contribution in [2.75, 3.05) is 26.7 Å². The molecule has 7 heteroatoms. The molecule has 0 fully saturated rings. The summed E-state index contributed by atoms with van der Waals surface area (Å²) >= 11 is 6.04. The van der Waals surface area contributed by atoms with E-state index in [0.717, 1.165) is 23.3 Å². The number of halogens is 1. The predicted molar refractivity (Wildman–Crippen MR) is 119 cm³/mol. The quantitative estimate of drug-likeness (QED) is 0.332. The maximum Gasteiger partial charge on any atom is 0.252 e. The van der Waals surface area contributed by atoms with Crippen molar-refractivity contribution in [2.45, 2.75) is 26.8 Å². The van der Waals surface area contributed by atoms with E-state index >= 15 is 0 Å². The highest BCUT2D eigenvalue weighted by Crippen LogP contribution is 2.20. The molecule has 0 atom stereocenters. The van der Waals surface area contributed by atoms with Crippen molar-refractivity contribution in [3.05, 3.63) is 64.2 Å². The molecule has 0 radical (unpaired) electrons. The summed E-state index contributed by atoms with van der Waals surface area (Å²) < 4.78 is 5.85. The average Bonchev–Trinajstić information content (AvgIpc) is 2.72. The zero-order valence-electron chi connectivity index (χ0n) is 17.2. The molecule has 0 aliphatic heterocycles. The molecule has 0 unspecified atom stereocenters. The van der Waals surface area contributed by atoms with Gasteiger partial charge in [-0.05, 0) is 37.1 Å². The summed E-state index contributed by atoms with van der Waals surface area (Å²) in [6.07, 6.45) is 0.962. The van der Waals surface area contributed by atoms with E-state index in [1.807, 2.05) is 13.0 Å². The Morgan fingerprint density at radius 2 is 1.86 bits per heavy atom. The van der Waals surface area contributed by atoms with E-state index in [4.69, 9.17) is 16.3 Å². The summed E-state index contributed by atoms with van der Waals surface area (Å²) in [6.45, 7) is 6.39. The number of guanidine groups is 1. The normalized spacial score (nSPS) is 11.1. The number of carbonyl (C=O) groups excluding carboxylic acids is 1. The van der Waals surface area contributed by atoms with Gasteiger partial charge >= 0.3 is 0 Å². The first-order chi connectivity index (χ1) is 14.0. The minimum absolute atomic E-state index is 0.197. The Hall–Kier alpha value is -2.73. The first kappa shape index (κ1) is 22.6. The van der Waals surface area contributed by atoms with E-state index in [0.29, 0.717) is 42.8 Å². The molecule has 156 valence electrons. The number of nitrogens with zero attached hydrogens (tertiary/aromatic N) is 1. The van der Waals surface area contributed by atoms with Gasteiger partial charge < -0.3 is 20.7 Å². The topological polar surface area (TPSA) is 74.8 Å². The maximum absolute atomic E-state index is 12.2. The van der Waals surface area contributed by atoms with Crippen molar-refractivity contribution in [1.29, 1.82) is 0 Å². The molecule has 2 aromatic rings. The first-order valence-corrected chi connectivity index (χ1v) is 10.1. The minimum atomic E-state index is -0.197. The van der Waals surface area contributed by atoms with Crippen LogP contribution in [0.3, 0.4) is 0 Å². The van der Waals surface area contributed by atoms with E-state index < -0.39 is 0 Å². The molecule has 6 nitrogen and oxygen atoms in total. The molecule has 0 aliphatic carbocycles. The number of ether oxygens (including phenoxy) is 1. The molecule has 0 saturated heterocycles. The van der Waals surface area contributed by atoms with Gasteiger partial charge in [-0.25, -0.2) is 0 Å². The van der Waals surface area contributed by atoms with Crippen LogP contribution in [0.4, 0.5) is 0 Å². The summed E-state index contributed by atoms with van der Waals surface area (Å²) in [4.78, 5) is 16.4. The van der Waals surface area contributed by atoms with Crippen LogP contribution in [0.15, 0.2) is 47.5 Å². The number of rotatable bonds is 9. The van der Waals surface area contributed by atoms with Crippen LogP contribution in [0.5, 0.6) is 5.75 Å². The van der Waals surface area contributed by atoms with Gasteiger partial charge in [-0.1, -0.05) is 42.8 Å². The Bertz CT molecular complexity index is 839. The number of carbonyl (C=O) groups is 1. The van der Waals surface area contributed by atoms with E-state index in [9.17, 15) is 4.79 Å². The van der Waals surface area contributed by atoms with Gasteiger partial charge in [0.2, 0.25) is 0 Å². The molecule has 0 heterocycles. The van der Waals surface area contributed by atoms with Crippen LogP contribution in [0.1, 0.15) is 34.8 Å². The zero-order valence-corrected chi connectivity index (χ0v) is 18.0. The minimum Gasteiger partial charge on any atom is -0.493 e. The van der Waals surface area contributed by atoms with Crippen LogP contribution < -0.4 is 20.7 Å². The van der Waals surface area contributed by atoms with Gasteiger partial charge in [0.05, 0.1) is 17.2 Å². The molecule has 0 saturated carbocycles. The maximum atomic E-state index is 12.2. The second-order valence-corrected chi connectivity index (χ2v) is 6.96. The molecule has 0 spiro atoms. The van der Waals surface area contributed by atoms with Crippen LogP contribution >= 0.6 is 11.6 Å². The van der Waals surface area contributed by atoms with E-state index in [2.05, 4.69) is 40.0 Å². The zero-order chi connectivity index (χ0) is 21.1. The lowest BCUT2D eigenvalue weighted by molar-refractivity contribution is 0.0954. The van der Waals surface area contributed by atoms with Gasteiger partial charge in [0, 0.05) is 32.2 Å². The number of amides is 1. The van der Waals surface area contributed by atoms with Gasteiger partial charge in [-0.15, -0.1) is 0 Å². The number of aliphatic imine (C=N–C) groups is 1. The summed E-state index contributed by atoms with van der Waals surface area (Å²) in [7, 11) is 1.71. The van der Waals surface area contributed by atoms with Crippen molar-refractivity contribution in [1.82, 2.24) is 16.0 Å². The second-order valence-electron chi connectivity index (χ2n) is 6.55. The van der Waals surface area contributed by atoms with E-state index in [1.54, 1.807) is 31.3 Å². The average molecular weight is 417 g/mol. The lowest BCUT2D eigenvalue weighted by Crippen LogP contribution is -2.41. The van der Waals surface area contributed by atoms with Gasteiger partial charge in [0.15, 0.2) is 5.96 Å². The molecule has 2 rings (SSSR count). The Morgan fingerprint density at radius 3 is 2.59 bits per heavy atom. The summed E-state index contributed by atoms with van der Waals surface area (Å²) in [5, 5.41) is 9.74. The van der Waals surface area contributed by atoms with Crippen LogP contribution in [0, 0.1) is 6.92 Å². The molecular formula is C22H29ClN4O2. The molecule has 0 bridgehead atoms. The second kappa shape index (κ2) is 12.0. The summed E-state index contributed by atoms with van der Waals surface area (Å²) in [5.41, 5.74) is 2.70. The third-order valence-electron chi connectivity index (χ3n) is 4.18. The fraction of sp³-hybridized carbons (Fsp3) is 0.364.